The zero-order valence-electron chi connectivity index (χ0n) is 10.00. The molecule has 1 saturated carbocycles. The molecule has 2 nitrogen and oxygen atoms in total. The van der Waals surface area contributed by atoms with Crippen molar-refractivity contribution in [3.63, 3.8) is 0 Å². The van der Waals surface area contributed by atoms with Crippen LogP contribution in [0.2, 0.25) is 0 Å². The number of halogens is 3. The van der Waals surface area contributed by atoms with Gasteiger partial charge >= 0.3 is 0 Å². The van der Waals surface area contributed by atoms with Crippen LogP contribution in [-0.2, 0) is 0 Å². The lowest BCUT2D eigenvalue weighted by molar-refractivity contribution is 0.0747. The molecule has 1 aromatic rings. The van der Waals surface area contributed by atoms with Gasteiger partial charge in [0.15, 0.2) is 0 Å². The Hall–Kier alpha value is -0.420. The maximum absolute atomic E-state index is 13.2. The Morgan fingerprint density at radius 1 is 1.50 bits per heavy atom. The Labute approximate surface area is 123 Å². The first-order valence-corrected chi connectivity index (χ1v) is 7.53. The Morgan fingerprint density at radius 2 is 2.17 bits per heavy atom. The first-order valence-electron chi connectivity index (χ1n) is 5.82. The van der Waals surface area contributed by atoms with E-state index in [1.807, 2.05) is 0 Å². The molecule has 1 aromatic carbocycles. The highest BCUT2D eigenvalue weighted by Crippen LogP contribution is 2.34. The topological polar surface area (TPSA) is 20.3 Å². The molecule has 0 aliphatic heterocycles. The number of hydrogen-bond donors (Lipinski definition) is 0. The number of nitrogens with zero attached hydrogens (tertiary/aromatic N) is 1. The number of hydrogen-bond acceptors (Lipinski definition) is 1. The molecule has 0 aromatic heterocycles. The van der Waals surface area contributed by atoms with Crippen LogP contribution in [0.3, 0.4) is 0 Å². The minimum atomic E-state index is -0.390. The highest BCUT2D eigenvalue weighted by atomic mass is 79.9. The molecule has 0 atom stereocenters. The predicted octanol–water partition coefficient (Wildman–Crippen LogP) is 3.83. The van der Waals surface area contributed by atoms with Gasteiger partial charge in [-0.25, -0.2) is 4.39 Å². The molecular formula is C13H14Br2FNO. The second-order valence-corrected chi connectivity index (χ2v) is 6.89. The molecule has 1 fully saturated rings. The van der Waals surface area contributed by atoms with Crippen LogP contribution < -0.4 is 0 Å². The lowest BCUT2D eigenvalue weighted by atomic mass is 9.85. The largest absolute Gasteiger partial charge is 0.341 e. The van der Waals surface area contributed by atoms with E-state index < -0.39 is 0 Å². The molecule has 0 radical (unpaired) electrons. The lowest BCUT2D eigenvalue weighted by Gasteiger charge is -2.34. The van der Waals surface area contributed by atoms with Gasteiger partial charge in [0, 0.05) is 22.9 Å². The number of carbonyl (C=O) groups is 1. The Bertz CT molecular complexity index is 460. The molecule has 1 aliphatic carbocycles. The fraction of sp³-hybridized carbons (Fsp3) is 0.462. The number of benzene rings is 1. The maximum atomic E-state index is 13.2. The second kappa shape index (κ2) is 5.70. The summed E-state index contributed by atoms with van der Waals surface area (Å²) in [6, 6.07) is 4.17. The summed E-state index contributed by atoms with van der Waals surface area (Å²) in [7, 11) is 1.77. The number of carbonyl (C=O) groups excluding carboxylic acids is 1. The summed E-state index contributed by atoms with van der Waals surface area (Å²) in [5.41, 5.74) is 0.382. The Morgan fingerprint density at radius 3 is 2.78 bits per heavy atom. The molecule has 2 rings (SSSR count). The van der Waals surface area contributed by atoms with E-state index >= 15 is 0 Å². The van der Waals surface area contributed by atoms with Crippen LogP contribution in [0.25, 0.3) is 0 Å². The third kappa shape index (κ3) is 3.12. The summed E-state index contributed by atoms with van der Waals surface area (Å²) in [6.07, 6.45) is 2.20. The minimum absolute atomic E-state index is 0.139. The first kappa shape index (κ1) is 14.0. The zero-order valence-corrected chi connectivity index (χ0v) is 13.2. The van der Waals surface area contributed by atoms with E-state index in [2.05, 4.69) is 31.9 Å². The summed E-state index contributed by atoms with van der Waals surface area (Å²) in [5.74, 6) is 0.0224. The summed E-state index contributed by atoms with van der Waals surface area (Å²) >= 11 is 6.82. The Balaban J connectivity index is 2.03. The van der Waals surface area contributed by atoms with Crippen LogP contribution in [0.15, 0.2) is 22.7 Å². The minimum Gasteiger partial charge on any atom is -0.341 e. The lowest BCUT2D eigenvalue weighted by Crippen LogP contribution is -2.37. The quantitative estimate of drug-likeness (QED) is 0.732. The van der Waals surface area contributed by atoms with Gasteiger partial charge in [0.05, 0.1) is 5.56 Å². The van der Waals surface area contributed by atoms with Gasteiger partial charge in [-0.3, -0.25) is 4.79 Å². The fourth-order valence-corrected chi connectivity index (χ4v) is 3.61. The van der Waals surface area contributed by atoms with Crippen LogP contribution in [0.1, 0.15) is 23.2 Å². The number of amides is 1. The van der Waals surface area contributed by atoms with Crippen molar-refractivity contribution in [1.29, 1.82) is 0 Å². The van der Waals surface area contributed by atoms with Crippen molar-refractivity contribution >= 4 is 37.8 Å². The molecule has 98 valence electrons. The third-order valence-corrected chi connectivity index (χ3v) is 4.65. The third-order valence-electron chi connectivity index (χ3n) is 3.22. The molecule has 1 amide bonds. The molecule has 5 heteroatoms. The van der Waals surface area contributed by atoms with Crippen LogP contribution >= 0.6 is 31.9 Å². The monoisotopic (exact) mass is 377 g/mol. The van der Waals surface area contributed by atoms with E-state index in [0.717, 1.165) is 19.4 Å². The smallest absolute Gasteiger partial charge is 0.254 e. The van der Waals surface area contributed by atoms with Crippen LogP contribution in [0.5, 0.6) is 0 Å². The van der Waals surface area contributed by atoms with Gasteiger partial charge in [-0.15, -0.1) is 0 Å². The van der Waals surface area contributed by atoms with Gasteiger partial charge in [0.2, 0.25) is 0 Å². The van der Waals surface area contributed by atoms with Gasteiger partial charge in [-0.2, -0.15) is 0 Å². The van der Waals surface area contributed by atoms with Crippen molar-refractivity contribution in [2.75, 3.05) is 13.6 Å². The van der Waals surface area contributed by atoms with Crippen molar-refractivity contribution in [2.45, 2.75) is 17.7 Å². The average Bonchev–Trinajstić information content (AvgIpc) is 2.29. The molecule has 0 saturated heterocycles. The highest BCUT2D eigenvalue weighted by Gasteiger charge is 2.29. The highest BCUT2D eigenvalue weighted by molar-refractivity contribution is 9.10. The van der Waals surface area contributed by atoms with Gasteiger partial charge in [-0.1, -0.05) is 15.9 Å². The molecule has 0 heterocycles. The fourth-order valence-electron chi connectivity index (χ4n) is 2.14. The van der Waals surface area contributed by atoms with Crippen molar-refractivity contribution in [2.24, 2.45) is 5.92 Å². The van der Waals surface area contributed by atoms with Gasteiger partial charge in [-0.05, 0) is 52.9 Å². The van der Waals surface area contributed by atoms with Gasteiger partial charge < -0.3 is 4.90 Å². The first-order chi connectivity index (χ1) is 8.47. The number of alkyl halides is 1. The molecule has 18 heavy (non-hydrogen) atoms. The summed E-state index contributed by atoms with van der Waals surface area (Å²) < 4.78 is 13.8. The molecule has 0 N–H and O–H groups in total. The molecular weight excluding hydrogens is 365 g/mol. The van der Waals surface area contributed by atoms with Crippen molar-refractivity contribution in [3.8, 4) is 0 Å². The SMILES string of the molecule is CN(CC1CC(Br)C1)C(=O)c1cc(F)ccc1Br. The molecule has 0 bridgehead atoms. The molecule has 1 aliphatic rings. The van der Waals surface area contributed by atoms with Crippen LogP contribution in [0.4, 0.5) is 4.39 Å². The van der Waals surface area contributed by atoms with E-state index in [9.17, 15) is 9.18 Å². The predicted molar refractivity (Wildman–Crippen MR) is 76.5 cm³/mol. The van der Waals surface area contributed by atoms with Crippen LogP contribution in [-0.4, -0.2) is 29.2 Å². The standard InChI is InChI=1S/C13H14Br2FNO/c1-17(7-8-4-9(14)5-8)13(18)11-6-10(16)2-3-12(11)15/h2-3,6,8-9H,4-5,7H2,1H3. The summed E-state index contributed by atoms with van der Waals surface area (Å²) in [5, 5.41) is 0. The van der Waals surface area contributed by atoms with E-state index in [1.165, 1.54) is 12.1 Å². The van der Waals surface area contributed by atoms with Crippen molar-refractivity contribution < 1.29 is 9.18 Å². The Kier molecular flexibility index (Phi) is 4.43. The molecule has 0 unspecified atom stereocenters. The van der Waals surface area contributed by atoms with Gasteiger partial charge in [0.1, 0.15) is 5.82 Å². The second-order valence-electron chi connectivity index (χ2n) is 4.74. The average molecular weight is 379 g/mol. The maximum Gasteiger partial charge on any atom is 0.254 e. The van der Waals surface area contributed by atoms with Crippen molar-refractivity contribution in [1.82, 2.24) is 4.90 Å². The summed E-state index contributed by atoms with van der Waals surface area (Å²) in [4.78, 5) is 14.5. The summed E-state index contributed by atoms with van der Waals surface area (Å²) in [6.45, 7) is 0.726. The van der Waals surface area contributed by atoms with E-state index in [1.54, 1.807) is 18.0 Å². The van der Waals surface area contributed by atoms with E-state index in [0.29, 0.717) is 20.8 Å². The normalized spacial score (nSPS) is 22.4. The zero-order chi connectivity index (χ0) is 13.3. The number of rotatable bonds is 3. The van der Waals surface area contributed by atoms with E-state index in [-0.39, 0.29) is 11.7 Å². The van der Waals surface area contributed by atoms with Crippen molar-refractivity contribution in [3.05, 3.63) is 34.1 Å². The van der Waals surface area contributed by atoms with E-state index in [4.69, 9.17) is 0 Å². The van der Waals surface area contributed by atoms with Crippen LogP contribution in [0, 0.1) is 11.7 Å². The van der Waals surface area contributed by atoms with Gasteiger partial charge in [0.25, 0.3) is 5.91 Å². The molecule has 0 spiro atoms.